The van der Waals surface area contributed by atoms with Crippen LogP contribution in [0.2, 0.25) is 0 Å². The lowest BCUT2D eigenvalue weighted by molar-refractivity contribution is -0.145. The first kappa shape index (κ1) is 20.1. The number of halogens is 1. The fourth-order valence-electron chi connectivity index (χ4n) is 2.45. The van der Waals surface area contributed by atoms with Crippen LogP contribution in [0.25, 0.3) is 0 Å². The molecule has 0 heterocycles. The van der Waals surface area contributed by atoms with Crippen molar-refractivity contribution < 1.29 is 23.5 Å². The molecule has 0 saturated heterocycles. The molecule has 0 aromatic heterocycles. The zero-order chi connectivity index (χ0) is 19.8. The minimum Gasteiger partial charge on any atom is -0.467 e. The van der Waals surface area contributed by atoms with E-state index >= 15 is 0 Å². The van der Waals surface area contributed by atoms with E-state index in [1.165, 1.54) is 19.2 Å². The molecule has 0 spiro atoms. The van der Waals surface area contributed by atoms with Gasteiger partial charge < -0.3 is 15.4 Å². The van der Waals surface area contributed by atoms with Crippen LogP contribution < -0.4 is 10.6 Å². The SMILES string of the molecule is COC(=O)[C@@H](NC(=O)CCC(=O)Nc1cc(C)ccc1F)c1ccccc1. The minimum absolute atomic E-state index is 0.0668. The second kappa shape index (κ2) is 9.47. The first-order chi connectivity index (χ1) is 12.9. The molecule has 0 aliphatic carbocycles. The molecule has 0 fully saturated rings. The molecule has 0 aliphatic heterocycles. The number of hydrogen-bond donors (Lipinski definition) is 2. The standard InChI is InChI=1S/C20H21FN2O4/c1-13-8-9-15(21)16(12-13)22-17(24)10-11-18(25)23-19(20(26)27-2)14-6-4-3-5-7-14/h3-9,12,19H,10-11H2,1-2H3,(H,22,24)(H,23,25)/t19-/m0/s1. The van der Waals surface area contributed by atoms with Crippen molar-refractivity contribution in [2.75, 3.05) is 12.4 Å². The number of nitrogens with one attached hydrogen (secondary N) is 2. The van der Waals surface area contributed by atoms with Gasteiger partial charge in [-0.1, -0.05) is 36.4 Å². The lowest BCUT2D eigenvalue weighted by atomic mass is 10.1. The van der Waals surface area contributed by atoms with E-state index in [1.807, 2.05) is 0 Å². The van der Waals surface area contributed by atoms with Gasteiger partial charge in [-0.25, -0.2) is 9.18 Å². The predicted octanol–water partition coefficient (Wildman–Crippen LogP) is 2.88. The van der Waals surface area contributed by atoms with Crippen LogP contribution in [-0.2, 0) is 19.1 Å². The van der Waals surface area contributed by atoms with Crippen LogP contribution in [0.4, 0.5) is 10.1 Å². The van der Waals surface area contributed by atoms with Crippen LogP contribution in [0.15, 0.2) is 48.5 Å². The number of anilines is 1. The molecule has 2 rings (SSSR count). The maximum atomic E-state index is 13.7. The molecular formula is C20H21FN2O4. The normalized spacial score (nSPS) is 11.4. The Labute approximate surface area is 156 Å². The van der Waals surface area contributed by atoms with Crippen LogP contribution in [0.3, 0.4) is 0 Å². The summed E-state index contributed by atoms with van der Waals surface area (Å²) in [5, 5.41) is 5.00. The molecule has 2 amide bonds. The molecule has 0 saturated carbocycles. The fourth-order valence-corrected chi connectivity index (χ4v) is 2.45. The monoisotopic (exact) mass is 372 g/mol. The summed E-state index contributed by atoms with van der Waals surface area (Å²) in [5.74, 6) is -2.15. The fraction of sp³-hybridized carbons (Fsp3) is 0.250. The number of rotatable bonds is 7. The van der Waals surface area contributed by atoms with Crippen molar-refractivity contribution in [2.45, 2.75) is 25.8 Å². The quantitative estimate of drug-likeness (QED) is 0.732. The maximum Gasteiger partial charge on any atom is 0.333 e. The second-order valence-corrected chi connectivity index (χ2v) is 5.97. The molecule has 1 atom stereocenters. The van der Waals surface area contributed by atoms with Crippen LogP contribution in [0.5, 0.6) is 0 Å². The summed E-state index contributed by atoms with van der Waals surface area (Å²) >= 11 is 0. The van der Waals surface area contributed by atoms with E-state index in [9.17, 15) is 18.8 Å². The molecule has 142 valence electrons. The molecule has 2 aromatic carbocycles. The van der Waals surface area contributed by atoms with Crippen molar-refractivity contribution in [3.8, 4) is 0 Å². The van der Waals surface area contributed by atoms with Crippen molar-refractivity contribution in [3.05, 3.63) is 65.5 Å². The molecule has 6 nitrogen and oxygen atoms in total. The molecule has 0 bridgehead atoms. The third kappa shape index (κ3) is 5.91. The molecule has 7 heteroatoms. The van der Waals surface area contributed by atoms with Gasteiger partial charge in [-0.3, -0.25) is 9.59 Å². The van der Waals surface area contributed by atoms with Gasteiger partial charge in [0.1, 0.15) is 5.82 Å². The van der Waals surface area contributed by atoms with E-state index in [1.54, 1.807) is 43.3 Å². The molecule has 0 aliphatic rings. The highest BCUT2D eigenvalue weighted by Crippen LogP contribution is 2.17. The van der Waals surface area contributed by atoms with E-state index in [0.717, 1.165) is 5.56 Å². The van der Waals surface area contributed by atoms with E-state index in [2.05, 4.69) is 10.6 Å². The van der Waals surface area contributed by atoms with Gasteiger partial charge in [0.15, 0.2) is 6.04 Å². The first-order valence-corrected chi connectivity index (χ1v) is 8.39. The number of carbonyl (C=O) groups excluding carboxylic acids is 3. The Balaban J connectivity index is 1.92. The number of hydrogen-bond acceptors (Lipinski definition) is 4. The number of benzene rings is 2. The highest BCUT2D eigenvalue weighted by molar-refractivity contribution is 5.94. The van der Waals surface area contributed by atoms with Crippen LogP contribution >= 0.6 is 0 Å². The topological polar surface area (TPSA) is 84.5 Å². The summed E-state index contributed by atoms with van der Waals surface area (Å²) in [6.45, 7) is 1.78. The van der Waals surface area contributed by atoms with Gasteiger partial charge in [0.25, 0.3) is 0 Å². The summed E-state index contributed by atoms with van der Waals surface area (Å²) < 4.78 is 18.4. The lowest BCUT2D eigenvalue weighted by Crippen LogP contribution is -2.34. The van der Waals surface area contributed by atoms with Crippen molar-refractivity contribution in [2.24, 2.45) is 0 Å². The molecular weight excluding hydrogens is 351 g/mol. The first-order valence-electron chi connectivity index (χ1n) is 8.39. The number of esters is 1. The number of methoxy groups -OCH3 is 1. The Morgan fingerprint density at radius 3 is 2.37 bits per heavy atom. The molecule has 0 unspecified atom stereocenters. The average Bonchev–Trinajstić information content (AvgIpc) is 2.67. The number of amides is 2. The lowest BCUT2D eigenvalue weighted by Gasteiger charge is -2.16. The van der Waals surface area contributed by atoms with E-state index in [4.69, 9.17) is 4.74 Å². The summed E-state index contributed by atoms with van der Waals surface area (Å²) in [6, 6.07) is 12.0. The second-order valence-electron chi connectivity index (χ2n) is 5.97. The van der Waals surface area contributed by atoms with Gasteiger partial charge in [-0.05, 0) is 30.2 Å². The number of aryl methyl sites for hydroxylation is 1. The van der Waals surface area contributed by atoms with Crippen molar-refractivity contribution in [3.63, 3.8) is 0 Å². The van der Waals surface area contributed by atoms with Gasteiger partial charge in [0.2, 0.25) is 11.8 Å². The smallest absolute Gasteiger partial charge is 0.333 e. The molecule has 2 aromatic rings. The predicted molar refractivity (Wildman–Crippen MR) is 98.3 cm³/mol. The summed E-state index contributed by atoms with van der Waals surface area (Å²) in [4.78, 5) is 36.1. The van der Waals surface area contributed by atoms with Gasteiger partial charge in [0.05, 0.1) is 12.8 Å². The van der Waals surface area contributed by atoms with Crippen molar-refractivity contribution in [1.29, 1.82) is 0 Å². The zero-order valence-corrected chi connectivity index (χ0v) is 15.1. The van der Waals surface area contributed by atoms with Crippen LogP contribution in [-0.4, -0.2) is 24.9 Å². The minimum atomic E-state index is -0.957. The van der Waals surface area contributed by atoms with Crippen LogP contribution in [0, 0.1) is 12.7 Å². The van der Waals surface area contributed by atoms with Gasteiger partial charge >= 0.3 is 5.97 Å². The Hall–Kier alpha value is -3.22. The van der Waals surface area contributed by atoms with E-state index < -0.39 is 29.6 Å². The highest BCUT2D eigenvalue weighted by Gasteiger charge is 2.23. The Morgan fingerprint density at radius 1 is 1.04 bits per heavy atom. The maximum absolute atomic E-state index is 13.7. The highest BCUT2D eigenvalue weighted by atomic mass is 19.1. The Morgan fingerprint density at radius 2 is 1.70 bits per heavy atom. The van der Waals surface area contributed by atoms with Gasteiger partial charge in [0, 0.05) is 12.8 Å². The summed E-state index contributed by atoms with van der Waals surface area (Å²) in [6.07, 6.45) is -0.304. The molecule has 2 N–H and O–H groups in total. The third-order valence-corrected chi connectivity index (χ3v) is 3.85. The average molecular weight is 372 g/mol. The Bertz CT molecular complexity index is 824. The number of ether oxygens (including phenoxy) is 1. The van der Waals surface area contributed by atoms with E-state index in [0.29, 0.717) is 5.56 Å². The summed E-state index contributed by atoms with van der Waals surface area (Å²) in [5.41, 5.74) is 1.44. The molecule has 27 heavy (non-hydrogen) atoms. The van der Waals surface area contributed by atoms with Gasteiger partial charge in [-0.2, -0.15) is 0 Å². The molecule has 0 radical (unpaired) electrons. The summed E-state index contributed by atoms with van der Waals surface area (Å²) in [7, 11) is 1.23. The van der Waals surface area contributed by atoms with Crippen LogP contribution in [0.1, 0.15) is 30.0 Å². The Kier molecular flexibility index (Phi) is 7.05. The zero-order valence-electron chi connectivity index (χ0n) is 15.1. The van der Waals surface area contributed by atoms with Gasteiger partial charge in [-0.15, -0.1) is 0 Å². The van der Waals surface area contributed by atoms with Crippen molar-refractivity contribution in [1.82, 2.24) is 5.32 Å². The van der Waals surface area contributed by atoms with E-state index in [-0.39, 0.29) is 18.5 Å². The largest absolute Gasteiger partial charge is 0.467 e. The number of carbonyl (C=O) groups is 3. The van der Waals surface area contributed by atoms with Crippen molar-refractivity contribution >= 4 is 23.5 Å². The third-order valence-electron chi connectivity index (χ3n) is 3.85.